The van der Waals surface area contributed by atoms with Gasteiger partial charge in [0, 0.05) is 0 Å². The highest BCUT2D eigenvalue weighted by Crippen LogP contribution is 2.05. The Morgan fingerprint density at radius 1 is 1.00 bits per heavy atom. The zero-order valence-electron chi connectivity index (χ0n) is 8.18. The molecule has 0 saturated carbocycles. The second-order valence-electron chi connectivity index (χ2n) is 2.76. The molecule has 0 spiro atoms. The predicted molar refractivity (Wildman–Crippen MR) is 57.1 cm³/mol. The van der Waals surface area contributed by atoms with E-state index in [0.29, 0.717) is 0 Å². The highest BCUT2D eigenvalue weighted by molar-refractivity contribution is 5.29. The van der Waals surface area contributed by atoms with Gasteiger partial charge in [-0.15, -0.1) is 0 Å². The van der Waals surface area contributed by atoms with E-state index < -0.39 is 0 Å². The second-order valence-corrected chi connectivity index (χ2v) is 2.76. The molecule has 1 heteroatoms. The maximum atomic E-state index is 12.7. The molecule has 13 heavy (non-hydrogen) atoms. The molecule has 70 valence electrons. The van der Waals surface area contributed by atoms with Crippen molar-refractivity contribution in [1.29, 1.82) is 0 Å². The van der Waals surface area contributed by atoms with Gasteiger partial charge in [-0.05, 0) is 31.6 Å². The van der Waals surface area contributed by atoms with Crippen molar-refractivity contribution in [2.24, 2.45) is 0 Å². The maximum absolute atomic E-state index is 12.7. The Kier molecular flexibility index (Phi) is 5.53. The molecule has 0 nitrogen and oxygen atoms in total. The molecule has 0 saturated heterocycles. The lowest BCUT2D eigenvalue weighted by Gasteiger charge is -1.90. The third-order valence-electron chi connectivity index (χ3n) is 1.49. The van der Waals surface area contributed by atoms with Crippen molar-refractivity contribution in [3.8, 4) is 0 Å². The molecule has 0 aliphatic carbocycles. The lowest BCUT2D eigenvalue weighted by Crippen LogP contribution is -1.71. The fourth-order valence-corrected chi connectivity index (χ4v) is 0.655. The van der Waals surface area contributed by atoms with Crippen molar-refractivity contribution in [2.75, 3.05) is 0 Å². The van der Waals surface area contributed by atoms with E-state index in [2.05, 4.69) is 13.2 Å². The van der Waals surface area contributed by atoms with Crippen LogP contribution in [0.25, 0.3) is 0 Å². The number of rotatable bonds is 4. The van der Waals surface area contributed by atoms with Crippen LogP contribution in [0.2, 0.25) is 0 Å². The Labute approximate surface area is 79.5 Å². The van der Waals surface area contributed by atoms with Crippen molar-refractivity contribution in [3.63, 3.8) is 0 Å². The van der Waals surface area contributed by atoms with Gasteiger partial charge in [0.05, 0.1) is 0 Å². The monoisotopic (exact) mass is 178 g/mol. The molecule has 0 fully saturated rings. The van der Waals surface area contributed by atoms with E-state index in [4.69, 9.17) is 0 Å². The van der Waals surface area contributed by atoms with Crippen LogP contribution in [0.4, 0.5) is 4.39 Å². The topological polar surface area (TPSA) is 0 Å². The summed E-state index contributed by atoms with van der Waals surface area (Å²) in [6, 6.07) is 0. The molecule has 0 rings (SSSR count). The molecular weight excluding hydrogens is 163 g/mol. The quantitative estimate of drug-likeness (QED) is 0.568. The van der Waals surface area contributed by atoms with E-state index >= 15 is 0 Å². The number of allylic oxidation sites excluding steroid dienone is 8. The van der Waals surface area contributed by atoms with Gasteiger partial charge in [-0.3, -0.25) is 0 Å². The van der Waals surface area contributed by atoms with E-state index in [1.807, 2.05) is 26.0 Å². The van der Waals surface area contributed by atoms with E-state index in [0.717, 1.165) is 11.1 Å². The molecule has 0 aromatic rings. The van der Waals surface area contributed by atoms with Gasteiger partial charge in [-0.25, -0.2) is 4.39 Å². The summed E-state index contributed by atoms with van der Waals surface area (Å²) in [6.07, 6.45) is 8.08. The molecule has 0 unspecified atom stereocenters. The average Bonchev–Trinajstić information content (AvgIpc) is 2.13. The van der Waals surface area contributed by atoms with Crippen molar-refractivity contribution in [2.45, 2.75) is 13.8 Å². The maximum Gasteiger partial charge on any atom is 0.122 e. The molecule has 0 atom stereocenters. The van der Waals surface area contributed by atoms with Crippen LogP contribution >= 0.6 is 0 Å². The largest absolute Gasteiger partial charge is 0.207 e. The van der Waals surface area contributed by atoms with Gasteiger partial charge in [0.2, 0.25) is 0 Å². The average molecular weight is 178 g/mol. The highest BCUT2D eigenvalue weighted by atomic mass is 19.1. The first-order valence-electron chi connectivity index (χ1n) is 4.07. The van der Waals surface area contributed by atoms with Gasteiger partial charge in [-0.2, -0.15) is 0 Å². The van der Waals surface area contributed by atoms with Crippen molar-refractivity contribution < 1.29 is 4.39 Å². The van der Waals surface area contributed by atoms with Gasteiger partial charge in [-0.1, -0.05) is 37.0 Å². The Morgan fingerprint density at radius 3 is 2.00 bits per heavy atom. The molecule has 0 aromatic carbocycles. The van der Waals surface area contributed by atoms with Crippen LogP contribution in [0.5, 0.6) is 0 Å². The molecule has 0 aliphatic rings. The number of hydrogen-bond donors (Lipinski definition) is 0. The van der Waals surface area contributed by atoms with Gasteiger partial charge in [0.25, 0.3) is 0 Å². The molecular formula is C12H15F. The third kappa shape index (κ3) is 5.85. The first-order chi connectivity index (χ1) is 6.10. The lowest BCUT2D eigenvalue weighted by atomic mass is 10.2. The summed E-state index contributed by atoms with van der Waals surface area (Å²) in [4.78, 5) is 0. The van der Waals surface area contributed by atoms with Gasteiger partial charge < -0.3 is 0 Å². The molecule has 0 bridgehead atoms. The number of hydrogen-bond acceptors (Lipinski definition) is 0. The smallest absolute Gasteiger partial charge is 0.122 e. The Bertz CT molecular complexity index is 277. The van der Waals surface area contributed by atoms with E-state index in [-0.39, 0.29) is 5.83 Å². The number of halogens is 1. The van der Waals surface area contributed by atoms with Crippen LogP contribution in [0.15, 0.2) is 60.5 Å². The minimum absolute atomic E-state index is 0.321. The second kappa shape index (κ2) is 6.18. The molecule has 0 heterocycles. The fraction of sp³-hybridized carbons (Fsp3) is 0.167. The van der Waals surface area contributed by atoms with Crippen LogP contribution in [0.1, 0.15) is 13.8 Å². The molecule has 0 amide bonds. The summed E-state index contributed by atoms with van der Waals surface area (Å²) in [7, 11) is 0. The Balaban J connectivity index is 4.51. The summed E-state index contributed by atoms with van der Waals surface area (Å²) in [5.74, 6) is -0.321. The van der Waals surface area contributed by atoms with Crippen LogP contribution in [-0.2, 0) is 0 Å². The summed E-state index contributed by atoms with van der Waals surface area (Å²) < 4.78 is 12.7. The Morgan fingerprint density at radius 2 is 1.54 bits per heavy atom. The van der Waals surface area contributed by atoms with Crippen molar-refractivity contribution >= 4 is 0 Å². The van der Waals surface area contributed by atoms with Gasteiger partial charge in [0.15, 0.2) is 0 Å². The summed E-state index contributed by atoms with van der Waals surface area (Å²) in [5.41, 5.74) is 1.89. The van der Waals surface area contributed by atoms with Crippen LogP contribution in [0.3, 0.4) is 0 Å². The first kappa shape index (κ1) is 11.6. The van der Waals surface area contributed by atoms with Crippen molar-refractivity contribution in [3.05, 3.63) is 60.5 Å². The van der Waals surface area contributed by atoms with E-state index in [9.17, 15) is 4.39 Å². The molecule has 0 radical (unpaired) electrons. The van der Waals surface area contributed by atoms with Gasteiger partial charge >= 0.3 is 0 Å². The predicted octanol–water partition coefficient (Wildman–Crippen LogP) is 4.10. The van der Waals surface area contributed by atoms with Crippen LogP contribution in [-0.4, -0.2) is 0 Å². The van der Waals surface area contributed by atoms with Crippen LogP contribution in [0, 0.1) is 0 Å². The van der Waals surface area contributed by atoms with E-state index in [1.165, 1.54) is 12.2 Å². The van der Waals surface area contributed by atoms with E-state index in [1.54, 1.807) is 6.08 Å². The molecule has 0 aliphatic heterocycles. The first-order valence-corrected chi connectivity index (χ1v) is 4.07. The normalized spacial score (nSPS) is 14.2. The zero-order chi connectivity index (χ0) is 10.3. The van der Waals surface area contributed by atoms with Gasteiger partial charge in [0.1, 0.15) is 5.83 Å². The summed E-state index contributed by atoms with van der Waals surface area (Å²) >= 11 is 0. The zero-order valence-corrected chi connectivity index (χ0v) is 8.18. The standard InChI is InChI=1S/C12H15F/c1-5-10(3)7-8-11(4)9-12(13)6-2/h5-9H,1-2H2,3-4H3/b10-7-,11-8+,12-9-. The fourth-order valence-electron chi connectivity index (χ4n) is 0.655. The minimum Gasteiger partial charge on any atom is -0.207 e. The lowest BCUT2D eigenvalue weighted by molar-refractivity contribution is 0.666. The summed E-state index contributed by atoms with van der Waals surface area (Å²) in [6.45, 7) is 10.7. The minimum atomic E-state index is -0.321. The summed E-state index contributed by atoms with van der Waals surface area (Å²) in [5, 5.41) is 0. The molecule has 0 N–H and O–H groups in total. The third-order valence-corrected chi connectivity index (χ3v) is 1.49. The Hall–Kier alpha value is -1.37. The SMILES string of the molecule is C=C\C(C)=C/C=C(C)/C=C(\F)C=C. The molecule has 0 aromatic heterocycles. The van der Waals surface area contributed by atoms with Crippen molar-refractivity contribution in [1.82, 2.24) is 0 Å². The van der Waals surface area contributed by atoms with Crippen LogP contribution < -0.4 is 0 Å². The highest BCUT2D eigenvalue weighted by Gasteiger charge is 1.86.